The molecular formula is C14H21N3O2. The molecule has 2 unspecified atom stereocenters. The van der Waals surface area contributed by atoms with E-state index in [9.17, 15) is 4.79 Å². The van der Waals surface area contributed by atoms with E-state index in [2.05, 4.69) is 10.6 Å². The number of nitrogens with one attached hydrogen (secondary N) is 2. The molecule has 1 aromatic carbocycles. The van der Waals surface area contributed by atoms with Crippen LogP contribution in [0.15, 0.2) is 24.3 Å². The number of hydrogen-bond donors (Lipinski definition) is 3. The third-order valence-corrected chi connectivity index (χ3v) is 3.46. The second-order valence-electron chi connectivity index (χ2n) is 4.94. The molecule has 0 radical (unpaired) electrons. The van der Waals surface area contributed by atoms with Gasteiger partial charge < -0.3 is 21.1 Å². The lowest BCUT2D eigenvalue weighted by Gasteiger charge is -2.29. The summed E-state index contributed by atoms with van der Waals surface area (Å²) in [6, 6.07) is 7.46. The molecule has 0 heterocycles. The summed E-state index contributed by atoms with van der Waals surface area (Å²) < 4.78 is 5.42. The first-order valence-corrected chi connectivity index (χ1v) is 6.63. The third kappa shape index (κ3) is 4.13. The van der Waals surface area contributed by atoms with Crippen LogP contribution in [-0.4, -0.2) is 25.3 Å². The van der Waals surface area contributed by atoms with Crippen molar-refractivity contribution in [1.29, 1.82) is 0 Å². The van der Waals surface area contributed by atoms with Crippen LogP contribution in [0.25, 0.3) is 0 Å². The van der Waals surface area contributed by atoms with Crippen molar-refractivity contribution in [2.45, 2.75) is 37.8 Å². The summed E-state index contributed by atoms with van der Waals surface area (Å²) >= 11 is 0. The minimum absolute atomic E-state index is 0.346. The second-order valence-corrected chi connectivity index (χ2v) is 4.94. The summed E-state index contributed by atoms with van der Waals surface area (Å²) in [6.07, 6.45) is 4.82. The molecule has 1 aromatic rings. The molecule has 0 spiro atoms. The first-order valence-electron chi connectivity index (χ1n) is 6.63. The van der Waals surface area contributed by atoms with Crippen LogP contribution in [0.1, 0.15) is 25.7 Å². The SMILES string of the molecule is COC1CCCC(Nc2cccc(NC(N)=O)c2)C1. The van der Waals surface area contributed by atoms with E-state index in [0.29, 0.717) is 17.8 Å². The predicted octanol–water partition coefficient (Wildman–Crippen LogP) is 2.55. The van der Waals surface area contributed by atoms with Crippen molar-refractivity contribution in [3.05, 3.63) is 24.3 Å². The standard InChI is InChI=1S/C14H21N3O2/c1-19-13-7-3-6-12(9-13)16-10-4-2-5-11(8-10)17-14(15)18/h2,4-5,8,12-13,16H,3,6-7,9H2,1H3,(H3,15,17,18). The number of urea groups is 1. The second kappa shape index (κ2) is 6.43. The molecule has 1 aliphatic carbocycles. The van der Waals surface area contributed by atoms with Gasteiger partial charge in [-0.3, -0.25) is 0 Å². The van der Waals surface area contributed by atoms with Crippen molar-refractivity contribution in [3.63, 3.8) is 0 Å². The molecule has 0 saturated heterocycles. The van der Waals surface area contributed by atoms with Crippen LogP contribution in [0.4, 0.5) is 16.2 Å². The van der Waals surface area contributed by atoms with Gasteiger partial charge in [0.05, 0.1) is 6.10 Å². The van der Waals surface area contributed by atoms with Crippen LogP contribution >= 0.6 is 0 Å². The highest BCUT2D eigenvalue weighted by Gasteiger charge is 2.21. The van der Waals surface area contributed by atoms with E-state index in [1.165, 1.54) is 6.42 Å². The summed E-state index contributed by atoms with van der Waals surface area (Å²) in [4.78, 5) is 10.8. The topological polar surface area (TPSA) is 76.4 Å². The number of benzene rings is 1. The quantitative estimate of drug-likeness (QED) is 0.781. The average Bonchev–Trinajstić information content (AvgIpc) is 2.38. The maximum atomic E-state index is 10.8. The van der Waals surface area contributed by atoms with Crippen LogP contribution in [0.5, 0.6) is 0 Å². The van der Waals surface area contributed by atoms with E-state index in [4.69, 9.17) is 10.5 Å². The Bertz CT molecular complexity index is 436. The lowest BCUT2D eigenvalue weighted by atomic mass is 9.92. The van der Waals surface area contributed by atoms with Crippen molar-refractivity contribution in [3.8, 4) is 0 Å². The Morgan fingerprint density at radius 3 is 2.89 bits per heavy atom. The molecule has 19 heavy (non-hydrogen) atoms. The summed E-state index contributed by atoms with van der Waals surface area (Å²) in [5.74, 6) is 0. The molecule has 0 bridgehead atoms. The molecule has 1 fully saturated rings. The molecule has 0 aromatic heterocycles. The minimum atomic E-state index is -0.547. The molecule has 4 N–H and O–H groups in total. The monoisotopic (exact) mass is 263 g/mol. The number of methoxy groups -OCH3 is 1. The van der Waals surface area contributed by atoms with Crippen molar-refractivity contribution < 1.29 is 9.53 Å². The van der Waals surface area contributed by atoms with Gasteiger partial charge in [0.25, 0.3) is 0 Å². The Balaban J connectivity index is 1.96. The minimum Gasteiger partial charge on any atom is -0.382 e. The van der Waals surface area contributed by atoms with Gasteiger partial charge in [0.1, 0.15) is 0 Å². The van der Waals surface area contributed by atoms with E-state index >= 15 is 0 Å². The first kappa shape index (κ1) is 13.7. The van der Waals surface area contributed by atoms with Gasteiger partial charge in [-0.2, -0.15) is 0 Å². The van der Waals surface area contributed by atoms with E-state index in [-0.39, 0.29) is 0 Å². The van der Waals surface area contributed by atoms with Crippen molar-refractivity contribution in [2.24, 2.45) is 5.73 Å². The zero-order valence-corrected chi connectivity index (χ0v) is 11.2. The molecule has 1 aliphatic rings. The maximum Gasteiger partial charge on any atom is 0.316 e. The molecule has 5 nitrogen and oxygen atoms in total. The van der Waals surface area contributed by atoms with E-state index < -0.39 is 6.03 Å². The van der Waals surface area contributed by atoms with Gasteiger partial charge in [0.2, 0.25) is 0 Å². The number of hydrogen-bond acceptors (Lipinski definition) is 3. The highest BCUT2D eigenvalue weighted by molar-refractivity contribution is 5.88. The zero-order valence-electron chi connectivity index (χ0n) is 11.2. The molecule has 104 valence electrons. The van der Waals surface area contributed by atoms with Crippen LogP contribution in [0, 0.1) is 0 Å². The van der Waals surface area contributed by atoms with Crippen LogP contribution in [0.3, 0.4) is 0 Å². The molecular weight excluding hydrogens is 242 g/mol. The molecule has 5 heteroatoms. The zero-order chi connectivity index (χ0) is 13.7. The van der Waals surface area contributed by atoms with Crippen molar-refractivity contribution in [1.82, 2.24) is 0 Å². The predicted molar refractivity (Wildman–Crippen MR) is 76.3 cm³/mol. The summed E-state index contributed by atoms with van der Waals surface area (Å²) in [5, 5.41) is 6.06. The average molecular weight is 263 g/mol. The van der Waals surface area contributed by atoms with Crippen molar-refractivity contribution >= 4 is 17.4 Å². The normalized spacial score (nSPS) is 22.8. The lowest BCUT2D eigenvalue weighted by molar-refractivity contribution is 0.0669. The number of nitrogens with two attached hydrogens (primary N) is 1. The fourth-order valence-corrected chi connectivity index (χ4v) is 2.55. The summed E-state index contributed by atoms with van der Waals surface area (Å²) in [5.41, 5.74) is 6.81. The fourth-order valence-electron chi connectivity index (χ4n) is 2.55. The summed E-state index contributed by atoms with van der Waals surface area (Å²) in [6.45, 7) is 0. The van der Waals surface area contributed by atoms with E-state index in [1.807, 2.05) is 24.3 Å². The Kier molecular flexibility index (Phi) is 4.63. The third-order valence-electron chi connectivity index (χ3n) is 3.46. The number of rotatable bonds is 4. The van der Waals surface area contributed by atoms with Gasteiger partial charge in [-0.25, -0.2) is 4.79 Å². The summed E-state index contributed by atoms with van der Waals surface area (Å²) in [7, 11) is 1.77. The number of primary amides is 1. The number of carbonyl (C=O) groups is 1. The number of amides is 2. The van der Waals surface area contributed by atoms with Gasteiger partial charge in [-0.05, 0) is 43.9 Å². The van der Waals surface area contributed by atoms with Gasteiger partial charge in [0, 0.05) is 24.5 Å². The Morgan fingerprint density at radius 1 is 1.37 bits per heavy atom. The van der Waals surface area contributed by atoms with Gasteiger partial charge >= 0.3 is 6.03 Å². The van der Waals surface area contributed by atoms with Crippen LogP contribution < -0.4 is 16.4 Å². The Labute approximate surface area is 113 Å². The van der Waals surface area contributed by atoms with Gasteiger partial charge in [-0.1, -0.05) is 6.07 Å². The van der Waals surface area contributed by atoms with Gasteiger partial charge in [0.15, 0.2) is 0 Å². The molecule has 2 rings (SSSR count). The molecule has 1 saturated carbocycles. The van der Waals surface area contributed by atoms with Crippen molar-refractivity contribution in [2.75, 3.05) is 17.7 Å². The molecule has 2 amide bonds. The van der Waals surface area contributed by atoms with Crippen LogP contribution in [0.2, 0.25) is 0 Å². The molecule has 0 aliphatic heterocycles. The van der Waals surface area contributed by atoms with E-state index in [0.717, 1.165) is 24.9 Å². The maximum absolute atomic E-state index is 10.8. The smallest absolute Gasteiger partial charge is 0.316 e. The lowest BCUT2D eigenvalue weighted by Crippen LogP contribution is -2.31. The number of anilines is 2. The highest BCUT2D eigenvalue weighted by atomic mass is 16.5. The fraction of sp³-hybridized carbons (Fsp3) is 0.500. The number of ether oxygens (including phenoxy) is 1. The van der Waals surface area contributed by atoms with Crippen LogP contribution in [-0.2, 0) is 4.74 Å². The Hall–Kier alpha value is -1.75. The van der Waals surface area contributed by atoms with E-state index in [1.54, 1.807) is 7.11 Å². The molecule has 2 atom stereocenters. The first-order chi connectivity index (χ1) is 9.17. The highest BCUT2D eigenvalue weighted by Crippen LogP contribution is 2.24. The van der Waals surface area contributed by atoms with Gasteiger partial charge in [-0.15, -0.1) is 0 Å². The number of carbonyl (C=O) groups excluding carboxylic acids is 1. The largest absolute Gasteiger partial charge is 0.382 e. The Morgan fingerprint density at radius 2 is 2.16 bits per heavy atom.